The number of carbonyl (C=O) groups excluding carboxylic acids is 3. The molecule has 0 aliphatic heterocycles. The summed E-state index contributed by atoms with van der Waals surface area (Å²) in [5.74, 6) is -0.878. The van der Waals surface area contributed by atoms with E-state index in [1.54, 1.807) is 0 Å². The van der Waals surface area contributed by atoms with Gasteiger partial charge in [0.25, 0.3) is 0 Å². The van der Waals surface area contributed by atoms with Gasteiger partial charge in [-0.25, -0.2) is 0 Å². The van der Waals surface area contributed by atoms with E-state index in [1.807, 2.05) is 0 Å². The first-order valence-corrected chi connectivity index (χ1v) is 27.6. The predicted molar refractivity (Wildman–Crippen MR) is 275 cm³/mol. The van der Waals surface area contributed by atoms with Gasteiger partial charge in [0.2, 0.25) is 0 Å². The molecule has 0 rings (SSSR count). The normalized spacial score (nSPS) is 12.4. The Kier molecular flexibility index (Phi) is 50.8. The number of hydrogen-bond acceptors (Lipinski definition) is 6. The second kappa shape index (κ2) is 53.0. The smallest absolute Gasteiger partial charge is 0.306 e. The molecule has 0 amide bonds. The highest BCUT2D eigenvalue weighted by Gasteiger charge is 2.19. The van der Waals surface area contributed by atoms with Crippen molar-refractivity contribution in [2.24, 2.45) is 0 Å². The van der Waals surface area contributed by atoms with Crippen molar-refractivity contribution in [3.63, 3.8) is 0 Å². The first-order chi connectivity index (χ1) is 31.5. The molecule has 0 radical (unpaired) electrons. The number of unbranched alkanes of at least 4 members (excludes halogenated alkanes) is 31. The van der Waals surface area contributed by atoms with Crippen LogP contribution >= 0.6 is 0 Å². The highest BCUT2D eigenvalue weighted by Crippen LogP contribution is 2.16. The van der Waals surface area contributed by atoms with Crippen molar-refractivity contribution < 1.29 is 28.6 Å². The molecule has 0 saturated carbocycles. The summed E-state index contributed by atoms with van der Waals surface area (Å²) in [6, 6.07) is 0. The zero-order chi connectivity index (χ0) is 46.5. The topological polar surface area (TPSA) is 78.9 Å². The van der Waals surface area contributed by atoms with Gasteiger partial charge >= 0.3 is 17.9 Å². The Balaban J connectivity index is 4.09. The van der Waals surface area contributed by atoms with E-state index in [0.717, 1.165) is 89.9 Å². The van der Waals surface area contributed by atoms with Crippen molar-refractivity contribution in [1.82, 2.24) is 0 Å². The summed E-state index contributed by atoms with van der Waals surface area (Å²) in [5.41, 5.74) is 0. The third kappa shape index (κ3) is 50.4. The van der Waals surface area contributed by atoms with E-state index >= 15 is 0 Å². The van der Waals surface area contributed by atoms with Crippen molar-refractivity contribution >= 4 is 17.9 Å². The molecule has 6 nitrogen and oxygen atoms in total. The summed E-state index contributed by atoms with van der Waals surface area (Å²) >= 11 is 0. The van der Waals surface area contributed by atoms with Crippen molar-refractivity contribution in [2.75, 3.05) is 13.2 Å². The first-order valence-electron chi connectivity index (χ1n) is 27.6. The lowest BCUT2D eigenvalue weighted by molar-refractivity contribution is -0.167. The third-order valence-corrected chi connectivity index (χ3v) is 12.1. The minimum absolute atomic E-state index is 0.0722. The van der Waals surface area contributed by atoms with Crippen LogP contribution in [0.15, 0.2) is 48.6 Å². The second-order valence-electron chi connectivity index (χ2n) is 18.5. The van der Waals surface area contributed by atoms with Crippen molar-refractivity contribution in [3.05, 3.63) is 48.6 Å². The minimum atomic E-state index is -0.768. The average molecular weight is 897 g/mol. The van der Waals surface area contributed by atoms with Gasteiger partial charge in [-0.1, -0.05) is 256 Å². The third-order valence-electron chi connectivity index (χ3n) is 12.1. The zero-order valence-electron chi connectivity index (χ0n) is 42.6. The van der Waals surface area contributed by atoms with E-state index in [0.29, 0.717) is 19.3 Å². The SMILES string of the molecule is CC/C=C\C/C=C\C/C=C\C/C=C\CCCCCCCCCCCCC(=O)OCC(COC(=O)CCCCCCC)OC(=O)CCCCCCCCCCCCCCCCCCCC. The molecule has 0 N–H and O–H groups in total. The van der Waals surface area contributed by atoms with Gasteiger partial charge < -0.3 is 14.2 Å². The number of allylic oxidation sites excluding steroid dienone is 8. The molecule has 0 aromatic heterocycles. The van der Waals surface area contributed by atoms with Crippen LogP contribution in [0.3, 0.4) is 0 Å². The highest BCUT2D eigenvalue weighted by molar-refractivity contribution is 5.71. The van der Waals surface area contributed by atoms with Crippen LogP contribution in [0.5, 0.6) is 0 Å². The van der Waals surface area contributed by atoms with Crippen LogP contribution in [0.1, 0.15) is 284 Å². The standard InChI is InChI=1S/C58H104O6/c1-4-7-10-13-15-17-19-21-23-25-27-28-29-30-31-33-34-36-38-40-42-45-48-51-57(60)63-54-55(53-62-56(59)50-47-44-12-9-6-3)64-58(61)52-49-46-43-41-39-37-35-32-26-24-22-20-18-16-14-11-8-5-2/h7,10,15,17,21,23,27-28,55H,4-6,8-9,11-14,16,18-20,22,24-26,29-54H2,1-3H3/b10-7-,17-15-,23-21-,28-27-. The van der Waals surface area contributed by atoms with E-state index in [2.05, 4.69) is 69.4 Å². The van der Waals surface area contributed by atoms with Crippen molar-refractivity contribution in [2.45, 2.75) is 290 Å². The van der Waals surface area contributed by atoms with Crippen LogP contribution in [0, 0.1) is 0 Å². The molecular weight excluding hydrogens is 793 g/mol. The molecular formula is C58H104O6. The molecule has 0 aliphatic carbocycles. The summed E-state index contributed by atoms with van der Waals surface area (Å²) in [4.78, 5) is 37.8. The van der Waals surface area contributed by atoms with Crippen LogP contribution in [0.25, 0.3) is 0 Å². The van der Waals surface area contributed by atoms with E-state index in [9.17, 15) is 14.4 Å². The summed E-state index contributed by atoms with van der Waals surface area (Å²) < 4.78 is 16.7. The van der Waals surface area contributed by atoms with Gasteiger partial charge in [-0.15, -0.1) is 0 Å². The van der Waals surface area contributed by atoms with E-state index in [1.165, 1.54) is 154 Å². The minimum Gasteiger partial charge on any atom is -0.462 e. The number of esters is 3. The fraction of sp³-hybridized carbons (Fsp3) is 0.810. The molecule has 0 heterocycles. The predicted octanol–water partition coefficient (Wildman–Crippen LogP) is 18.3. The van der Waals surface area contributed by atoms with Gasteiger partial charge in [0, 0.05) is 19.3 Å². The molecule has 0 fully saturated rings. The van der Waals surface area contributed by atoms with Gasteiger partial charge in [-0.3, -0.25) is 14.4 Å². The van der Waals surface area contributed by atoms with Gasteiger partial charge in [-0.2, -0.15) is 0 Å². The zero-order valence-corrected chi connectivity index (χ0v) is 42.6. The van der Waals surface area contributed by atoms with E-state index in [4.69, 9.17) is 14.2 Å². The van der Waals surface area contributed by atoms with Gasteiger partial charge in [0.05, 0.1) is 0 Å². The molecule has 1 atom stereocenters. The maximum Gasteiger partial charge on any atom is 0.306 e. The second-order valence-corrected chi connectivity index (χ2v) is 18.5. The largest absolute Gasteiger partial charge is 0.462 e. The molecule has 0 aliphatic rings. The molecule has 0 aromatic carbocycles. The van der Waals surface area contributed by atoms with Gasteiger partial charge in [0.15, 0.2) is 6.10 Å². The highest BCUT2D eigenvalue weighted by atomic mass is 16.6. The lowest BCUT2D eigenvalue weighted by Gasteiger charge is -2.18. The number of ether oxygens (including phenoxy) is 3. The van der Waals surface area contributed by atoms with Crippen LogP contribution in [-0.4, -0.2) is 37.2 Å². The Bertz CT molecular complexity index is 1120. The molecule has 372 valence electrons. The molecule has 0 bridgehead atoms. The molecule has 1 unspecified atom stereocenters. The van der Waals surface area contributed by atoms with Gasteiger partial charge in [0.1, 0.15) is 13.2 Å². The Morgan fingerprint density at radius 1 is 0.328 bits per heavy atom. The fourth-order valence-electron chi connectivity index (χ4n) is 7.96. The molecule has 64 heavy (non-hydrogen) atoms. The van der Waals surface area contributed by atoms with E-state index in [-0.39, 0.29) is 31.1 Å². The Morgan fingerprint density at radius 2 is 0.609 bits per heavy atom. The summed E-state index contributed by atoms with van der Waals surface area (Å²) in [6.45, 7) is 6.47. The molecule has 0 saturated heterocycles. The van der Waals surface area contributed by atoms with Gasteiger partial charge in [-0.05, 0) is 57.8 Å². The Hall–Kier alpha value is -2.63. The van der Waals surface area contributed by atoms with Crippen molar-refractivity contribution in [1.29, 1.82) is 0 Å². The summed E-state index contributed by atoms with van der Waals surface area (Å²) in [5, 5.41) is 0. The maximum absolute atomic E-state index is 12.8. The monoisotopic (exact) mass is 897 g/mol. The number of rotatable bonds is 50. The van der Waals surface area contributed by atoms with Crippen LogP contribution < -0.4 is 0 Å². The summed E-state index contributed by atoms with van der Waals surface area (Å²) in [6.07, 6.45) is 64.3. The number of hydrogen-bond donors (Lipinski definition) is 0. The molecule has 0 aromatic rings. The molecule has 0 spiro atoms. The van der Waals surface area contributed by atoms with Crippen LogP contribution in [0.4, 0.5) is 0 Å². The Morgan fingerprint density at radius 3 is 0.953 bits per heavy atom. The van der Waals surface area contributed by atoms with E-state index < -0.39 is 6.10 Å². The quantitative estimate of drug-likeness (QED) is 0.0262. The molecule has 6 heteroatoms. The Labute approximate surface area is 397 Å². The lowest BCUT2D eigenvalue weighted by Crippen LogP contribution is -2.30. The maximum atomic E-state index is 12.8. The van der Waals surface area contributed by atoms with Crippen LogP contribution in [-0.2, 0) is 28.6 Å². The fourth-order valence-corrected chi connectivity index (χ4v) is 7.96. The van der Waals surface area contributed by atoms with Crippen molar-refractivity contribution in [3.8, 4) is 0 Å². The van der Waals surface area contributed by atoms with Crippen LogP contribution in [0.2, 0.25) is 0 Å². The summed E-state index contributed by atoms with van der Waals surface area (Å²) in [7, 11) is 0. The average Bonchev–Trinajstić information content (AvgIpc) is 3.29. The first kappa shape index (κ1) is 61.4. The number of carbonyl (C=O) groups is 3. The lowest BCUT2D eigenvalue weighted by atomic mass is 10.0.